The maximum absolute atomic E-state index is 13.0. The second-order valence-corrected chi connectivity index (χ2v) is 8.22. The van der Waals surface area contributed by atoms with Crippen LogP contribution in [-0.2, 0) is 11.3 Å². The van der Waals surface area contributed by atoms with E-state index < -0.39 is 11.3 Å². The number of nitrogens with zero attached hydrogens (tertiary/aromatic N) is 2. The van der Waals surface area contributed by atoms with Crippen LogP contribution >= 0.6 is 11.8 Å². The lowest BCUT2D eigenvalue weighted by atomic mass is 10.1. The average Bonchev–Trinajstić information content (AvgIpc) is 3.03. The molecule has 152 valence electrons. The van der Waals surface area contributed by atoms with Gasteiger partial charge in [0.1, 0.15) is 5.25 Å². The van der Waals surface area contributed by atoms with Crippen LogP contribution in [0.1, 0.15) is 31.6 Å². The highest BCUT2D eigenvalue weighted by Gasteiger charge is 2.26. The number of aromatic nitrogens is 2. The van der Waals surface area contributed by atoms with Gasteiger partial charge in [0.15, 0.2) is 5.16 Å². The summed E-state index contributed by atoms with van der Waals surface area (Å²) in [6.07, 6.45) is 0. The topological polar surface area (TPSA) is 76.0 Å². The number of fused-ring (bicyclic) bond motifs is 1. The molecule has 0 fully saturated rings. The fourth-order valence-corrected chi connectivity index (χ4v) is 4.19. The van der Waals surface area contributed by atoms with E-state index in [2.05, 4.69) is 29.0 Å². The minimum Gasteiger partial charge on any atom is -0.338 e. The van der Waals surface area contributed by atoms with Crippen molar-refractivity contribution in [3.05, 3.63) is 60.2 Å². The van der Waals surface area contributed by atoms with Crippen LogP contribution in [0.4, 0.5) is 4.79 Å². The molecule has 0 saturated heterocycles. The van der Waals surface area contributed by atoms with E-state index in [0.29, 0.717) is 12.5 Å². The van der Waals surface area contributed by atoms with E-state index in [1.165, 1.54) is 11.8 Å². The Hall–Kier alpha value is -2.80. The molecule has 0 aliphatic rings. The molecule has 0 aliphatic heterocycles. The summed E-state index contributed by atoms with van der Waals surface area (Å²) in [5, 5.41) is 5.22. The Morgan fingerprint density at radius 3 is 2.45 bits per heavy atom. The molecule has 7 heteroatoms. The predicted molar refractivity (Wildman–Crippen MR) is 117 cm³/mol. The number of rotatable bonds is 7. The Labute approximate surface area is 175 Å². The molecule has 29 heavy (non-hydrogen) atoms. The van der Waals surface area contributed by atoms with Gasteiger partial charge in [-0.3, -0.25) is 10.1 Å². The van der Waals surface area contributed by atoms with Crippen molar-refractivity contribution in [2.45, 2.75) is 37.7 Å². The minimum absolute atomic E-state index is 0.365. The molecule has 1 aromatic heterocycles. The first-order valence-electron chi connectivity index (χ1n) is 9.75. The molecule has 0 saturated carbocycles. The first kappa shape index (κ1) is 20.9. The lowest BCUT2D eigenvalue weighted by molar-refractivity contribution is -0.119. The van der Waals surface area contributed by atoms with Gasteiger partial charge in [-0.2, -0.15) is 0 Å². The highest BCUT2D eigenvalue weighted by Crippen LogP contribution is 2.37. The second-order valence-electron chi connectivity index (χ2n) is 7.14. The minimum atomic E-state index is -0.596. The highest BCUT2D eigenvalue weighted by atomic mass is 32.2. The molecule has 0 bridgehead atoms. The zero-order chi connectivity index (χ0) is 20.8. The Bertz CT molecular complexity index is 985. The predicted octanol–water partition coefficient (Wildman–Crippen LogP) is 4.37. The third-order valence-corrected chi connectivity index (χ3v) is 5.55. The van der Waals surface area contributed by atoms with Crippen LogP contribution in [0.3, 0.4) is 0 Å². The molecule has 3 aromatic rings. The fourth-order valence-electron chi connectivity index (χ4n) is 3.07. The van der Waals surface area contributed by atoms with Crippen molar-refractivity contribution in [2.75, 3.05) is 6.54 Å². The summed E-state index contributed by atoms with van der Waals surface area (Å²) in [7, 11) is 0. The van der Waals surface area contributed by atoms with Crippen molar-refractivity contribution < 1.29 is 9.59 Å². The molecule has 0 radical (unpaired) electrons. The van der Waals surface area contributed by atoms with Gasteiger partial charge >= 0.3 is 6.03 Å². The molecule has 1 heterocycles. The van der Waals surface area contributed by atoms with E-state index in [9.17, 15) is 9.59 Å². The average molecular weight is 411 g/mol. The van der Waals surface area contributed by atoms with Crippen LogP contribution in [0.2, 0.25) is 0 Å². The Balaban J connectivity index is 1.97. The van der Waals surface area contributed by atoms with Gasteiger partial charge in [-0.25, -0.2) is 9.78 Å². The molecule has 0 spiro atoms. The maximum atomic E-state index is 13.0. The summed E-state index contributed by atoms with van der Waals surface area (Å²) in [6.45, 7) is 7.36. The zero-order valence-electron chi connectivity index (χ0n) is 16.9. The van der Waals surface area contributed by atoms with Crippen LogP contribution in [0.15, 0.2) is 59.8 Å². The van der Waals surface area contributed by atoms with E-state index in [1.54, 1.807) is 0 Å². The van der Waals surface area contributed by atoms with Gasteiger partial charge in [0, 0.05) is 13.1 Å². The largest absolute Gasteiger partial charge is 0.338 e. The smallest absolute Gasteiger partial charge is 0.321 e. The number of hydrogen-bond acceptors (Lipinski definition) is 4. The van der Waals surface area contributed by atoms with Crippen LogP contribution in [0, 0.1) is 5.92 Å². The first-order chi connectivity index (χ1) is 14.0. The number of thioether (sulfide) groups is 1. The van der Waals surface area contributed by atoms with Crippen molar-refractivity contribution >= 4 is 34.7 Å². The number of carbonyl (C=O) groups is 2. The number of hydrogen-bond donors (Lipinski definition) is 2. The van der Waals surface area contributed by atoms with Crippen molar-refractivity contribution in [3.8, 4) is 0 Å². The van der Waals surface area contributed by atoms with E-state index in [1.807, 2.05) is 61.5 Å². The SMILES string of the molecule is CCNC(=O)NC(=O)[C@H](Sc1nc2ccccc2n1CC(C)C)c1ccccc1. The molecule has 6 nitrogen and oxygen atoms in total. The summed E-state index contributed by atoms with van der Waals surface area (Å²) in [6, 6.07) is 16.9. The van der Waals surface area contributed by atoms with Gasteiger partial charge in [-0.05, 0) is 30.5 Å². The monoisotopic (exact) mass is 410 g/mol. The molecular weight excluding hydrogens is 384 g/mol. The normalized spacial score (nSPS) is 12.1. The Kier molecular flexibility index (Phi) is 6.93. The molecule has 0 unspecified atom stereocenters. The van der Waals surface area contributed by atoms with E-state index >= 15 is 0 Å². The first-order valence-corrected chi connectivity index (χ1v) is 10.6. The molecule has 0 aliphatic carbocycles. The third kappa shape index (κ3) is 5.17. The van der Waals surface area contributed by atoms with Crippen molar-refractivity contribution in [1.29, 1.82) is 0 Å². The summed E-state index contributed by atoms with van der Waals surface area (Å²) in [5.41, 5.74) is 2.76. The standard InChI is InChI=1S/C22H26N4O2S/c1-4-23-21(28)25-20(27)19(16-10-6-5-7-11-16)29-22-24-17-12-8-9-13-18(17)26(22)14-15(2)3/h5-13,15,19H,4,14H2,1-3H3,(H2,23,25,27,28)/t19-/m1/s1. The quantitative estimate of drug-likeness (QED) is 0.567. The van der Waals surface area contributed by atoms with Crippen LogP contribution in [0.5, 0.6) is 0 Å². The van der Waals surface area contributed by atoms with E-state index in [4.69, 9.17) is 4.98 Å². The number of imidazole rings is 1. The zero-order valence-corrected chi connectivity index (χ0v) is 17.7. The lowest BCUT2D eigenvalue weighted by Gasteiger charge is -2.18. The number of imide groups is 1. The van der Waals surface area contributed by atoms with Crippen LogP contribution in [0.25, 0.3) is 11.0 Å². The Morgan fingerprint density at radius 1 is 1.07 bits per heavy atom. The van der Waals surface area contributed by atoms with Gasteiger partial charge in [0.05, 0.1) is 11.0 Å². The molecule has 3 amide bonds. The highest BCUT2D eigenvalue weighted by molar-refractivity contribution is 8.00. The van der Waals surface area contributed by atoms with Crippen molar-refractivity contribution in [2.24, 2.45) is 5.92 Å². The number of urea groups is 1. The summed E-state index contributed by atoms with van der Waals surface area (Å²) in [4.78, 5) is 29.6. The summed E-state index contributed by atoms with van der Waals surface area (Å²) in [5.74, 6) is 0.0570. The lowest BCUT2D eigenvalue weighted by Crippen LogP contribution is -2.41. The number of para-hydroxylation sites is 2. The molecule has 3 rings (SSSR count). The van der Waals surface area contributed by atoms with Gasteiger partial charge < -0.3 is 9.88 Å². The van der Waals surface area contributed by atoms with E-state index in [0.717, 1.165) is 28.3 Å². The molecule has 2 aromatic carbocycles. The maximum Gasteiger partial charge on any atom is 0.321 e. The van der Waals surface area contributed by atoms with Crippen molar-refractivity contribution in [1.82, 2.24) is 20.2 Å². The van der Waals surface area contributed by atoms with Crippen LogP contribution in [-0.4, -0.2) is 28.0 Å². The van der Waals surface area contributed by atoms with Gasteiger partial charge in [-0.1, -0.05) is 68.1 Å². The molecule has 1 atom stereocenters. The number of nitrogens with one attached hydrogen (secondary N) is 2. The molecular formula is C22H26N4O2S. The van der Waals surface area contributed by atoms with Crippen molar-refractivity contribution in [3.63, 3.8) is 0 Å². The summed E-state index contributed by atoms with van der Waals surface area (Å²) >= 11 is 1.36. The number of amides is 3. The van der Waals surface area contributed by atoms with Crippen LogP contribution < -0.4 is 10.6 Å². The fraction of sp³-hybridized carbons (Fsp3) is 0.318. The second kappa shape index (κ2) is 9.60. The number of benzene rings is 2. The van der Waals surface area contributed by atoms with Gasteiger partial charge in [0.2, 0.25) is 5.91 Å². The molecule has 2 N–H and O–H groups in total. The number of carbonyl (C=O) groups excluding carboxylic acids is 2. The Morgan fingerprint density at radius 2 is 1.76 bits per heavy atom. The third-order valence-electron chi connectivity index (χ3n) is 4.31. The van der Waals surface area contributed by atoms with E-state index in [-0.39, 0.29) is 5.91 Å². The van der Waals surface area contributed by atoms with Gasteiger partial charge in [-0.15, -0.1) is 0 Å². The van der Waals surface area contributed by atoms with Gasteiger partial charge in [0.25, 0.3) is 0 Å². The summed E-state index contributed by atoms with van der Waals surface area (Å²) < 4.78 is 2.15.